The van der Waals surface area contributed by atoms with Crippen molar-refractivity contribution in [3.05, 3.63) is 29.6 Å². The molecule has 0 spiro atoms. The first kappa shape index (κ1) is 15.9. The highest BCUT2D eigenvalue weighted by atomic mass is 19.1. The highest BCUT2D eigenvalue weighted by Gasteiger charge is 2.23. The number of benzene rings is 1. The van der Waals surface area contributed by atoms with Crippen LogP contribution in [0.3, 0.4) is 0 Å². The second-order valence-corrected chi connectivity index (χ2v) is 3.89. The summed E-state index contributed by atoms with van der Waals surface area (Å²) in [6.07, 6.45) is -0.796. The van der Waals surface area contributed by atoms with E-state index in [2.05, 4.69) is 5.32 Å². The molecule has 0 radical (unpaired) electrons. The van der Waals surface area contributed by atoms with Crippen LogP contribution in [0.5, 0.6) is 0 Å². The van der Waals surface area contributed by atoms with Crippen LogP contribution in [-0.4, -0.2) is 34.2 Å². The third-order valence-electron chi connectivity index (χ3n) is 2.33. The number of anilines is 1. The smallest absolute Gasteiger partial charge is 0.326 e. The number of nitrogens with one attached hydrogen (secondary N) is 2. The number of carbonyl (C=O) groups is 3. The molecule has 0 bridgehead atoms. The summed E-state index contributed by atoms with van der Waals surface area (Å²) in [5, 5.41) is 30.0. The summed E-state index contributed by atoms with van der Waals surface area (Å²) < 4.78 is 13.1. The van der Waals surface area contributed by atoms with E-state index >= 15 is 0 Å². The minimum absolute atomic E-state index is 0.0601. The van der Waals surface area contributed by atoms with Crippen LogP contribution in [0, 0.1) is 17.1 Å². The van der Waals surface area contributed by atoms with Gasteiger partial charge in [0, 0.05) is 5.69 Å². The summed E-state index contributed by atoms with van der Waals surface area (Å²) in [5.74, 6) is -3.67. The molecule has 1 aromatic carbocycles. The van der Waals surface area contributed by atoms with Gasteiger partial charge in [-0.3, -0.25) is 4.79 Å². The molecule has 0 aliphatic rings. The van der Waals surface area contributed by atoms with Crippen LogP contribution in [-0.2, 0) is 9.59 Å². The van der Waals surface area contributed by atoms with E-state index in [1.54, 1.807) is 6.07 Å². The van der Waals surface area contributed by atoms with Gasteiger partial charge in [0.1, 0.15) is 17.9 Å². The number of aliphatic carboxylic acids is 2. The largest absolute Gasteiger partial charge is 0.481 e. The van der Waals surface area contributed by atoms with E-state index in [9.17, 15) is 18.8 Å². The average Bonchev–Trinajstić information content (AvgIpc) is 2.39. The van der Waals surface area contributed by atoms with Gasteiger partial charge >= 0.3 is 18.0 Å². The molecule has 0 saturated heterocycles. The number of carbonyl (C=O) groups excluding carboxylic acids is 1. The van der Waals surface area contributed by atoms with Gasteiger partial charge in [0.2, 0.25) is 0 Å². The van der Waals surface area contributed by atoms with Crippen molar-refractivity contribution in [3.8, 4) is 6.07 Å². The van der Waals surface area contributed by atoms with Gasteiger partial charge in [-0.05, 0) is 18.2 Å². The van der Waals surface area contributed by atoms with Gasteiger partial charge < -0.3 is 20.8 Å². The molecule has 2 amide bonds. The highest BCUT2D eigenvalue weighted by molar-refractivity contribution is 5.93. The third kappa shape index (κ3) is 4.79. The maximum Gasteiger partial charge on any atom is 0.326 e. The van der Waals surface area contributed by atoms with Crippen LogP contribution in [0.15, 0.2) is 18.2 Å². The molecule has 0 fully saturated rings. The molecule has 4 N–H and O–H groups in total. The molecule has 0 heterocycles. The molecule has 9 heteroatoms. The van der Waals surface area contributed by atoms with Crippen LogP contribution < -0.4 is 10.6 Å². The molecule has 1 rings (SSSR count). The highest BCUT2D eigenvalue weighted by Crippen LogP contribution is 2.13. The number of carboxylic acids is 2. The normalized spacial score (nSPS) is 11.0. The van der Waals surface area contributed by atoms with Crippen LogP contribution >= 0.6 is 0 Å². The number of hydrogen-bond donors (Lipinski definition) is 4. The number of nitrogens with zero attached hydrogens (tertiary/aromatic N) is 1. The molecule has 110 valence electrons. The molecule has 1 unspecified atom stereocenters. The molecule has 1 aromatic rings. The Labute approximate surface area is 117 Å². The fraction of sp³-hybridized carbons (Fsp3) is 0.167. The van der Waals surface area contributed by atoms with Gasteiger partial charge in [0.25, 0.3) is 0 Å². The lowest BCUT2D eigenvalue weighted by molar-refractivity contribution is -0.145. The van der Waals surface area contributed by atoms with Crippen LogP contribution in [0.4, 0.5) is 14.9 Å². The Morgan fingerprint density at radius 3 is 2.52 bits per heavy atom. The summed E-state index contributed by atoms with van der Waals surface area (Å²) in [5.41, 5.74) is -0.238. The SMILES string of the molecule is N#Cc1cc(NC(=O)NC(CC(=O)O)C(=O)O)ccc1F. The maximum absolute atomic E-state index is 13.1. The molecule has 21 heavy (non-hydrogen) atoms. The summed E-state index contributed by atoms with van der Waals surface area (Å²) in [6.45, 7) is 0. The van der Waals surface area contributed by atoms with E-state index < -0.39 is 36.2 Å². The number of nitriles is 1. The van der Waals surface area contributed by atoms with E-state index in [1.807, 2.05) is 5.32 Å². The molecular formula is C12H10FN3O5. The Bertz CT molecular complexity index is 626. The zero-order valence-corrected chi connectivity index (χ0v) is 10.5. The van der Waals surface area contributed by atoms with E-state index in [0.29, 0.717) is 0 Å². The van der Waals surface area contributed by atoms with Crippen LogP contribution in [0.25, 0.3) is 0 Å². The first-order valence-electron chi connectivity index (χ1n) is 5.55. The van der Waals surface area contributed by atoms with E-state index in [0.717, 1.165) is 12.1 Å². The molecule has 0 aromatic heterocycles. The molecule has 8 nitrogen and oxygen atoms in total. The van der Waals surface area contributed by atoms with Crippen molar-refractivity contribution in [1.29, 1.82) is 5.26 Å². The van der Waals surface area contributed by atoms with E-state index in [4.69, 9.17) is 15.5 Å². The van der Waals surface area contributed by atoms with Gasteiger partial charge in [-0.25, -0.2) is 14.0 Å². The van der Waals surface area contributed by atoms with Crippen LogP contribution in [0.2, 0.25) is 0 Å². The van der Waals surface area contributed by atoms with Crippen molar-refractivity contribution in [2.24, 2.45) is 0 Å². The third-order valence-corrected chi connectivity index (χ3v) is 2.33. The fourth-order valence-electron chi connectivity index (χ4n) is 1.39. The number of hydrogen-bond acceptors (Lipinski definition) is 4. The van der Waals surface area contributed by atoms with Crippen molar-refractivity contribution in [2.45, 2.75) is 12.5 Å². The number of amides is 2. The molecule has 1 atom stereocenters. The Morgan fingerprint density at radius 1 is 1.33 bits per heavy atom. The van der Waals surface area contributed by atoms with Gasteiger partial charge in [-0.2, -0.15) is 5.26 Å². The summed E-state index contributed by atoms with van der Waals surface area (Å²) in [7, 11) is 0. The van der Waals surface area contributed by atoms with Crippen molar-refractivity contribution in [2.75, 3.05) is 5.32 Å². The Morgan fingerprint density at radius 2 is 2.00 bits per heavy atom. The lowest BCUT2D eigenvalue weighted by atomic mass is 10.2. The quantitative estimate of drug-likeness (QED) is 0.632. The minimum atomic E-state index is -1.61. The van der Waals surface area contributed by atoms with Crippen LogP contribution in [0.1, 0.15) is 12.0 Å². The van der Waals surface area contributed by atoms with Gasteiger partial charge in [-0.1, -0.05) is 0 Å². The van der Waals surface area contributed by atoms with Crippen molar-refractivity contribution >= 4 is 23.7 Å². The minimum Gasteiger partial charge on any atom is -0.481 e. The monoisotopic (exact) mass is 295 g/mol. The van der Waals surface area contributed by atoms with Gasteiger partial charge in [0.05, 0.1) is 12.0 Å². The first-order valence-corrected chi connectivity index (χ1v) is 5.55. The van der Waals surface area contributed by atoms with E-state index in [-0.39, 0.29) is 11.3 Å². The first-order chi connectivity index (χ1) is 9.83. The zero-order valence-electron chi connectivity index (χ0n) is 10.5. The lowest BCUT2D eigenvalue weighted by Crippen LogP contribution is -2.44. The lowest BCUT2D eigenvalue weighted by Gasteiger charge is -2.13. The number of urea groups is 1. The molecule has 0 aliphatic carbocycles. The second kappa shape index (κ2) is 6.85. The van der Waals surface area contributed by atoms with Crippen molar-refractivity contribution in [3.63, 3.8) is 0 Å². The van der Waals surface area contributed by atoms with Gasteiger partial charge in [0.15, 0.2) is 0 Å². The van der Waals surface area contributed by atoms with Crippen molar-refractivity contribution in [1.82, 2.24) is 5.32 Å². The summed E-state index contributed by atoms with van der Waals surface area (Å²) in [4.78, 5) is 32.8. The number of halogens is 1. The molecule has 0 saturated carbocycles. The second-order valence-electron chi connectivity index (χ2n) is 3.89. The predicted octanol–water partition coefficient (Wildman–Crippen LogP) is 0.747. The topological polar surface area (TPSA) is 140 Å². The zero-order chi connectivity index (χ0) is 16.0. The fourth-order valence-corrected chi connectivity index (χ4v) is 1.39. The van der Waals surface area contributed by atoms with Gasteiger partial charge in [-0.15, -0.1) is 0 Å². The summed E-state index contributed by atoms with van der Waals surface area (Å²) in [6, 6.07) is 2.16. The predicted molar refractivity (Wildman–Crippen MR) is 66.9 cm³/mol. The standard InChI is InChI=1S/C12H10FN3O5/c13-8-2-1-7(3-6(8)5-14)15-12(21)16-9(11(19)20)4-10(17)18/h1-3,9H,4H2,(H,17,18)(H,19,20)(H2,15,16,21). The Balaban J connectivity index is 2.74. The molecule has 0 aliphatic heterocycles. The molecular weight excluding hydrogens is 285 g/mol. The number of rotatable bonds is 5. The average molecular weight is 295 g/mol. The maximum atomic E-state index is 13.1. The Hall–Kier alpha value is -3.15. The van der Waals surface area contributed by atoms with E-state index in [1.165, 1.54) is 6.07 Å². The summed E-state index contributed by atoms with van der Waals surface area (Å²) >= 11 is 0. The number of carboxylic acid groups (broad SMARTS) is 2. The Kier molecular flexibility index (Phi) is 5.19. The van der Waals surface area contributed by atoms with Crippen molar-refractivity contribution < 1.29 is 29.0 Å².